The topological polar surface area (TPSA) is 84.8 Å². The van der Waals surface area contributed by atoms with E-state index in [0.717, 1.165) is 62.0 Å². The molecule has 36 heavy (non-hydrogen) atoms. The van der Waals surface area contributed by atoms with Crippen molar-refractivity contribution in [1.82, 2.24) is 9.97 Å². The van der Waals surface area contributed by atoms with Crippen LogP contribution in [0.4, 0.5) is 5.69 Å². The van der Waals surface area contributed by atoms with E-state index in [0.29, 0.717) is 23.7 Å². The van der Waals surface area contributed by atoms with Crippen molar-refractivity contribution in [3.8, 4) is 17.0 Å². The molecule has 3 rings (SSSR count). The van der Waals surface area contributed by atoms with Crippen molar-refractivity contribution in [1.29, 1.82) is 0 Å². The van der Waals surface area contributed by atoms with Gasteiger partial charge in [0.25, 0.3) is 0 Å². The first-order valence-corrected chi connectivity index (χ1v) is 13.2. The van der Waals surface area contributed by atoms with E-state index in [2.05, 4.69) is 35.6 Å². The zero-order valence-electron chi connectivity index (χ0n) is 23.1. The lowest BCUT2D eigenvalue weighted by Crippen LogP contribution is -2.39. The Morgan fingerprint density at radius 3 is 2.39 bits per heavy atom. The van der Waals surface area contributed by atoms with Crippen LogP contribution in [-0.2, 0) is 9.53 Å². The van der Waals surface area contributed by atoms with Gasteiger partial charge in [0.1, 0.15) is 0 Å². The van der Waals surface area contributed by atoms with Gasteiger partial charge in [0, 0.05) is 53.9 Å². The summed E-state index contributed by atoms with van der Waals surface area (Å²) in [5.41, 5.74) is 3.53. The highest BCUT2D eigenvalue weighted by Crippen LogP contribution is 2.43. The Balaban J connectivity index is 2.07. The van der Waals surface area contributed by atoms with Crippen molar-refractivity contribution < 1.29 is 19.4 Å². The number of nitrogens with zero attached hydrogens (tertiary/aromatic N) is 3. The number of rotatable bonds is 10. The maximum Gasteiger partial charge on any atom is 0.337 e. The smallest absolute Gasteiger partial charge is 0.337 e. The molecule has 3 heterocycles. The zero-order valence-corrected chi connectivity index (χ0v) is 23.1. The van der Waals surface area contributed by atoms with Gasteiger partial charge in [0.15, 0.2) is 6.10 Å². The van der Waals surface area contributed by atoms with E-state index < -0.39 is 17.7 Å². The van der Waals surface area contributed by atoms with Crippen molar-refractivity contribution in [3.05, 3.63) is 35.8 Å². The number of hydrogen-bond acceptors (Lipinski definition) is 6. The van der Waals surface area contributed by atoms with Gasteiger partial charge in [0.05, 0.1) is 17.9 Å². The van der Waals surface area contributed by atoms with E-state index in [1.807, 2.05) is 46.0 Å². The fraction of sp³-hybridized carbons (Fsp3) is 0.621. The molecule has 198 valence electrons. The summed E-state index contributed by atoms with van der Waals surface area (Å²) >= 11 is 0. The largest absolute Gasteiger partial charge is 0.479 e. The minimum atomic E-state index is -1.13. The Hall–Kier alpha value is -2.67. The Bertz CT molecular complexity index is 1020. The van der Waals surface area contributed by atoms with Gasteiger partial charge in [-0.25, -0.2) is 9.78 Å². The average Bonchev–Trinajstić information content (AvgIpc) is 2.80. The molecule has 2 aromatic rings. The molecular formula is C29H43N3O4. The molecule has 0 aromatic carbocycles. The summed E-state index contributed by atoms with van der Waals surface area (Å²) in [5, 5.41) is 10.2. The molecular weight excluding hydrogens is 454 g/mol. The summed E-state index contributed by atoms with van der Waals surface area (Å²) in [6.45, 7) is 16.6. The second kappa shape index (κ2) is 11.6. The lowest BCUT2D eigenvalue weighted by Gasteiger charge is -2.40. The van der Waals surface area contributed by atoms with Crippen molar-refractivity contribution in [2.24, 2.45) is 5.41 Å². The van der Waals surface area contributed by atoms with Gasteiger partial charge >= 0.3 is 5.97 Å². The van der Waals surface area contributed by atoms with Crippen LogP contribution < -0.4 is 9.64 Å². The van der Waals surface area contributed by atoms with Gasteiger partial charge < -0.3 is 19.5 Å². The molecule has 2 aromatic heterocycles. The van der Waals surface area contributed by atoms with Crippen LogP contribution in [0.25, 0.3) is 11.1 Å². The minimum Gasteiger partial charge on any atom is -0.479 e. The third-order valence-electron chi connectivity index (χ3n) is 6.72. The number of carboxylic acid groups (broad SMARTS) is 1. The van der Waals surface area contributed by atoms with Crippen LogP contribution in [0, 0.1) is 12.3 Å². The summed E-state index contributed by atoms with van der Waals surface area (Å²) in [4.78, 5) is 24.0. The Labute approximate surface area is 216 Å². The molecule has 1 aliphatic rings. The van der Waals surface area contributed by atoms with Crippen molar-refractivity contribution >= 4 is 11.7 Å². The van der Waals surface area contributed by atoms with E-state index in [9.17, 15) is 9.90 Å². The molecule has 1 atom stereocenters. The standard InChI is InChI=1S/C29H43N3O4/c1-8-9-10-17-35-23-12-11-21(18-31-23)22-19-30-20(2)24(26(27(33)34)36-28(3,4)5)25(22)32-15-13-29(6,7)14-16-32/h11-12,18-19,26H,8-10,13-17H2,1-7H3,(H,33,34). The van der Waals surface area contributed by atoms with Crippen molar-refractivity contribution in [2.45, 2.75) is 92.3 Å². The van der Waals surface area contributed by atoms with Crippen molar-refractivity contribution in [3.63, 3.8) is 0 Å². The highest BCUT2D eigenvalue weighted by Gasteiger charge is 2.35. The molecule has 1 unspecified atom stereocenters. The molecule has 0 amide bonds. The lowest BCUT2D eigenvalue weighted by molar-refractivity contribution is -0.160. The average molecular weight is 498 g/mol. The molecule has 7 nitrogen and oxygen atoms in total. The minimum absolute atomic E-state index is 0.255. The van der Waals surface area contributed by atoms with Crippen LogP contribution in [0.3, 0.4) is 0 Å². The van der Waals surface area contributed by atoms with Gasteiger partial charge in [-0.05, 0) is 58.4 Å². The molecule has 1 fully saturated rings. The summed E-state index contributed by atoms with van der Waals surface area (Å²) in [7, 11) is 0. The summed E-state index contributed by atoms with van der Waals surface area (Å²) in [5.74, 6) is -0.421. The predicted octanol–water partition coefficient (Wildman–Crippen LogP) is 6.59. The molecule has 7 heteroatoms. The van der Waals surface area contributed by atoms with E-state index in [1.165, 1.54) is 0 Å². The number of ether oxygens (including phenoxy) is 2. The maximum atomic E-state index is 12.5. The van der Waals surface area contributed by atoms with Gasteiger partial charge in [-0.2, -0.15) is 0 Å². The first kappa shape index (κ1) is 27.9. The van der Waals surface area contributed by atoms with Gasteiger partial charge in [-0.3, -0.25) is 4.98 Å². The predicted molar refractivity (Wildman–Crippen MR) is 144 cm³/mol. The third-order valence-corrected chi connectivity index (χ3v) is 6.72. The fourth-order valence-electron chi connectivity index (χ4n) is 4.55. The summed E-state index contributed by atoms with van der Waals surface area (Å²) < 4.78 is 11.9. The molecule has 1 aliphatic heterocycles. The molecule has 0 saturated carbocycles. The quantitative estimate of drug-likeness (QED) is 0.371. The fourth-order valence-corrected chi connectivity index (χ4v) is 4.55. The number of hydrogen-bond donors (Lipinski definition) is 1. The van der Waals surface area contributed by atoms with E-state index in [1.54, 1.807) is 6.20 Å². The van der Waals surface area contributed by atoms with Gasteiger partial charge in [0.2, 0.25) is 5.88 Å². The van der Waals surface area contributed by atoms with E-state index in [4.69, 9.17) is 9.47 Å². The maximum absolute atomic E-state index is 12.5. The monoisotopic (exact) mass is 497 g/mol. The van der Waals surface area contributed by atoms with Crippen LogP contribution in [0.1, 0.15) is 91.0 Å². The number of carboxylic acids is 1. The molecule has 0 radical (unpaired) electrons. The highest BCUT2D eigenvalue weighted by atomic mass is 16.5. The zero-order chi connectivity index (χ0) is 26.5. The number of piperidine rings is 1. The number of aromatic nitrogens is 2. The first-order chi connectivity index (χ1) is 16.9. The Morgan fingerprint density at radius 1 is 1.14 bits per heavy atom. The van der Waals surface area contributed by atoms with E-state index >= 15 is 0 Å². The molecule has 0 aliphatic carbocycles. The molecule has 0 bridgehead atoms. The van der Waals surface area contributed by atoms with Crippen LogP contribution in [-0.4, -0.2) is 46.3 Å². The van der Waals surface area contributed by atoms with Crippen LogP contribution in [0.15, 0.2) is 24.5 Å². The third kappa shape index (κ3) is 7.19. The number of aryl methyl sites for hydroxylation is 1. The van der Waals surface area contributed by atoms with Crippen LogP contribution in [0.2, 0.25) is 0 Å². The number of unbranched alkanes of at least 4 members (excludes halogenated alkanes) is 2. The van der Waals surface area contributed by atoms with E-state index in [-0.39, 0.29) is 5.41 Å². The number of anilines is 1. The lowest BCUT2D eigenvalue weighted by atomic mass is 9.82. The summed E-state index contributed by atoms with van der Waals surface area (Å²) in [6.07, 6.45) is 7.83. The molecule has 0 spiro atoms. The second-order valence-electron chi connectivity index (χ2n) is 11.6. The normalized spacial score (nSPS) is 16.6. The van der Waals surface area contributed by atoms with Crippen LogP contribution >= 0.6 is 0 Å². The van der Waals surface area contributed by atoms with Gasteiger partial charge in [-0.1, -0.05) is 33.6 Å². The summed E-state index contributed by atoms with van der Waals surface area (Å²) in [6, 6.07) is 3.86. The Morgan fingerprint density at radius 2 is 1.83 bits per heavy atom. The van der Waals surface area contributed by atoms with Crippen molar-refractivity contribution in [2.75, 3.05) is 24.6 Å². The van der Waals surface area contributed by atoms with Crippen LogP contribution in [0.5, 0.6) is 5.88 Å². The number of pyridine rings is 2. The number of aliphatic carboxylic acids is 1. The van der Waals surface area contributed by atoms with Gasteiger partial charge in [-0.15, -0.1) is 0 Å². The second-order valence-corrected chi connectivity index (χ2v) is 11.6. The molecule has 1 saturated heterocycles. The molecule has 1 N–H and O–H groups in total. The Kier molecular flexibility index (Phi) is 8.98. The SMILES string of the molecule is CCCCCOc1ccc(-c2cnc(C)c(C(OC(C)(C)C)C(=O)O)c2N2CCC(C)(C)CC2)cn1. The first-order valence-electron chi connectivity index (χ1n) is 13.2. The number of carbonyl (C=O) groups is 1. The highest BCUT2D eigenvalue weighted by molar-refractivity contribution is 5.86.